The van der Waals surface area contributed by atoms with Crippen LogP contribution in [-0.4, -0.2) is 65.9 Å². The molecule has 0 unspecified atom stereocenters. The first-order valence-electron chi connectivity index (χ1n) is 10.8. The Labute approximate surface area is 192 Å². The van der Waals surface area contributed by atoms with E-state index in [2.05, 4.69) is 31.8 Å². The van der Waals surface area contributed by atoms with Crippen LogP contribution in [0.2, 0.25) is 0 Å². The number of nitrogens with one attached hydrogen (secondary N) is 2. The van der Waals surface area contributed by atoms with Crippen LogP contribution in [0.25, 0.3) is 33.3 Å². The van der Waals surface area contributed by atoms with Gasteiger partial charge in [-0.3, -0.25) is 4.79 Å². The fraction of sp³-hybridized carbons (Fsp3) is 0.304. The lowest BCUT2D eigenvalue weighted by molar-refractivity contribution is -0.153. The second-order valence-corrected chi connectivity index (χ2v) is 8.40. The minimum Gasteiger partial charge on any atom is -0.483 e. The van der Waals surface area contributed by atoms with Gasteiger partial charge >= 0.3 is 6.18 Å². The molecule has 0 amide bonds. The lowest BCUT2D eigenvalue weighted by Crippen LogP contribution is -2.44. The van der Waals surface area contributed by atoms with Gasteiger partial charge in [-0.05, 0) is 37.4 Å². The number of nitrogens with zero attached hydrogens (tertiary/aromatic N) is 3. The van der Waals surface area contributed by atoms with E-state index in [0.29, 0.717) is 5.52 Å². The first kappa shape index (κ1) is 22.1. The lowest BCUT2D eigenvalue weighted by atomic mass is 10.1. The Bertz CT molecular complexity index is 1420. The molecule has 0 bridgehead atoms. The average Bonchev–Trinajstić information content (AvgIpc) is 3.20. The predicted molar refractivity (Wildman–Crippen MR) is 125 cm³/mol. The summed E-state index contributed by atoms with van der Waals surface area (Å²) in [6.07, 6.45) is -4.51. The molecule has 1 aliphatic rings. The van der Waals surface area contributed by atoms with Crippen molar-refractivity contribution in [1.82, 2.24) is 19.9 Å². The van der Waals surface area contributed by atoms with Crippen molar-refractivity contribution in [2.24, 2.45) is 0 Å². The van der Waals surface area contributed by atoms with Gasteiger partial charge in [-0.1, -0.05) is 6.07 Å². The van der Waals surface area contributed by atoms with Gasteiger partial charge in [0, 0.05) is 31.9 Å². The van der Waals surface area contributed by atoms with Crippen LogP contribution < -0.4 is 20.9 Å². The van der Waals surface area contributed by atoms with Gasteiger partial charge in [0.1, 0.15) is 17.1 Å². The second kappa shape index (κ2) is 8.24. The summed E-state index contributed by atoms with van der Waals surface area (Å²) in [5.74, 6) is 0.162. The molecule has 1 aliphatic heterocycles. The number of benzene rings is 2. The molecule has 0 spiro atoms. The Morgan fingerprint density at radius 2 is 1.85 bits per heavy atom. The van der Waals surface area contributed by atoms with Crippen molar-refractivity contribution < 1.29 is 17.9 Å². The molecule has 4 aromatic rings. The summed E-state index contributed by atoms with van der Waals surface area (Å²) < 4.78 is 43.1. The van der Waals surface area contributed by atoms with Crippen LogP contribution in [0, 0.1) is 0 Å². The van der Waals surface area contributed by atoms with Gasteiger partial charge < -0.3 is 30.2 Å². The number of alkyl halides is 3. The summed E-state index contributed by atoms with van der Waals surface area (Å²) >= 11 is 0. The first-order valence-corrected chi connectivity index (χ1v) is 10.8. The van der Waals surface area contributed by atoms with E-state index in [9.17, 15) is 18.0 Å². The average molecular weight is 472 g/mol. The van der Waals surface area contributed by atoms with Crippen molar-refractivity contribution in [2.45, 2.75) is 6.18 Å². The van der Waals surface area contributed by atoms with Crippen molar-refractivity contribution in [3.05, 3.63) is 46.8 Å². The molecular formula is C23H23F3N6O2. The van der Waals surface area contributed by atoms with E-state index in [0.717, 1.165) is 37.4 Å². The lowest BCUT2D eigenvalue weighted by Gasteiger charge is -2.34. The maximum atomic E-state index is 12.9. The van der Waals surface area contributed by atoms with Crippen LogP contribution in [0.4, 0.5) is 24.5 Å². The summed E-state index contributed by atoms with van der Waals surface area (Å²) in [6, 6.07) is 10.2. The van der Waals surface area contributed by atoms with E-state index >= 15 is 0 Å². The summed E-state index contributed by atoms with van der Waals surface area (Å²) in [6.45, 7) is 2.27. The molecule has 4 N–H and O–H groups in total. The zero-order valence-electron chi connectivity index (χ0n) is 18.4. The number of aromatic nitrogens is 3. The SMILES string of the molecule is CN1CCN(c2ccc3nc(-c4c(N)c5c(OCC(F)(F)F)cccc5[nH]c4=O)[nH]c3c2)CC1. The van der Waals surface area contributed by atoms with Gasteiger partial charge in [-0.25, -0.2) is 4.98 Å². The number of anilines is 2. The highest BCUT2D eigenvalue weighted by molar-refractivity contribution is 6.01. The van der Waals surface area contributed by atoms with E-state index in [-0.39, 0.29) is 33.7 Å². The van der Waals surface area contributed by atoms with Crippen molar-refractivity contribution in [3.8, 4) is 17.1 Å². The quantitative estimate of drug-likeness (QED) is 0.421. The monoisotopic (exact) mass is 472 g/mol. The zero-order valence-corrected chi connectivity index (χ0v) is 18.4. The smallest absolute Gasteiger partial charge is 0.422 e. The van der Waals surface area contributed by atoms with Crippen LogP contribution in [0.3, 0.4) is 0 Å². The number of aromatic amines is 2. The number of hydrogen-bond donors (Lipinski definition) is 3. The van der Waals surface area contributed by atoms with E-state index in [1.54, 1.807) is 6.07 Å². The standard InChI is InChI=1S/C23H23F3N6O2/c1-31-7-9-32(10-8-31)13-5-6-14-16(11-13)29-21(28-14)19-20(27)18-15(30-22(19)33)3-2-4-17(18)34-12-23(24,25)26/h2-6,11H,7-10,12H2,1H3,(H,28,29)(H3,27,30,33). The number of halogens is 3. The minimum atomic E-state index is -4.51. The molecule has 0 saturated carbocycles. The summed E-state index contributed by atoms with van der Waals surface area (Å²) in [5.41, 5.74) is 8.55. The topological polar surface area (TPSA) is 103 Å². The van der Waals surface area contributed by atoms with E-state index in [1.807, 2.05) is 18.2 Å². The molecule has 2 aromatic heterocycles. The van der Waals surface area contributed by atoms with Crippen LogP contribution >= 0.6 is 0 Å². The Kier molecular flexibility index (Phi) is 5.35. The highest BCUT2D eigenvalue weighted by atomic mass is 19.4. The number of rotatable bonds is 4. The molecule has 8 nitrogen and oxygen atoms in total. The number of likely N-dealkylation sites (N-methyl/N-ethyl adjacent to an activating group) is 1. The fourth-order valence-electron chi connectivity index (χ4n) is 4.24. The van der Waals surface area contributed by atoms with Gasteiger partial charge in [-0.15, -0.1) is 0 Å². The molecule has 0 radical (unpaired) electrons. The molecule has 0 atom stereocenters. The molecule has 5 rings (SSSR count). The summed E-state index contributed by atoms with van der Waals surface area (Å²) in [7, 11) is 2.09. The number of nitrogen functional groups attached to an aromatic ring is 1. The number of hydrogen-bond acceptors (Lipinski definition) is 6. The Morgan fingerprint density at radius 3 is 2.59 bits per heavy atom. The third-order valence-electron chi connectivity index (χ3n) is 6.00. The van der Waals surface area contributed by atoms with Gasteiger partial charge in [0.25, 0.3) is 5.56 Å². The first-order chi connectivity index (χ1) is 16.2. The Hall–Kier alpha value is -3.73. The third kappa shape index (κ3) is 4.14. The highest BCUT2D eigenvalue weighted by Crippen LogP contribution is 2.35. The van der Waals surface area contributed by atoms with Crippen LogP contribution in [-0.2, 0) is 0 Å². The molecule has 34 heavy (non-hydrogen) atoms. The van der Waals surface area contributed by atoms with Crippen molar-refractivity contribution in [2.75, 3.05) is 50.5 Å². The van der Waals surface area contributed by atoms with E-state index in [4.69, 9.17) is 10.5 Å². The molecule has 3 heterocycles. The van der Waals surface area contributed by atoms with Crippen LogP contribution in [0.1, 0.15) is 0 Å². The molecule has 1 saturated heterocycles. The maximum Gasteiger partial charge on any atom is 0.422 e. The largest absolute Gasteiger partial charge is 0.483 e. The molecule has 178 valence electrons. The number of ether oxygens (including phenoxy) is 1. The Balaban J connectivity index is 1.56. The maximum absolute atomic E-state index is 12.9. The van der Waals surface area contributed by atoms with Crippen LogP contribution in [0.15, 0.2) is 41.2 Å². The van der Waals surface area contributed by atoms with Gasteiger partial charge in [0.05, 0.1) is 27.6 Å². The molecule has 1 fully saturated rings. The number of pyridine rings is 1. The third-order valence-corrected chi connectivity index (χ3v) is 6.00. The molecule has 2 aromatic carbocycles. The van der Waals surface area contributed by atoms with Crippen LogP contribution in [0.5, 0.6) is 5.75 Å². The van der Waals surface area contributed by atoms with Crippen molar-refractivity contribution in [1.29, 1.82) is 0 Å². The van der Waals surface area contributed by atoms with Gasteiger partial charge in [0.2, 0.25) is 0 Å². The number of piperazine rings is 1. The summed E-state index contributed by atoms with van der Waals surface area (Å²) in [4.78, 5) is 27.8. The fourth-order valence-corrected chi connectivity index (χ4v) is 4.24. The van der Waals surface area contributed by atoms with E-state index < -0.39 is 18.3 Å². The predicted octanol–water partition coefficient (Wildman–Crippen LogP) is 3.35. The molecule has 0 aliphatic carbocycles. The number of nitrogens with two attached hydrogens (primary N) is 1. The van der Waals surface area contributed by atoms with Gasteiger partial charge in [-0.2, -0.15) is 13.2 Å². The summed E-state index contributed by atoms with van der Waals surface area (Å²) in [5, 5.41) is 0.194. The zero-order chi connectivity index (χ0) is 24.0. The van der Waals surface area contributed by atoms with Gasteiger partial charge in [0.15, 0.2) is 6.61 Å². The normalized spacial score (nSPS) is 15.4. The van der Waals surface area contributed by atoms with Crippen molar-refractivity contribution in [3.63, 3.8) is 0 Å². The second-order valence-electron chi connectivity index (χ2n) is 8.40. The highest BCUT2D eigenvalue weighted by Gasteiger charge is 2.29. The molecule has 11 heteroatoms. The Morgan fingerprint density at radius 1 is 1.09 bits per heavy atom. The van der Waals surface area contributed by atoms with E-state index in [1.165, 1.54) is 12.1 Å². The number of fused-ring (bicyclic) bond motifs is 2. The minimum absolute atomic E-state index is 0.00475. The van der Waals surface area contributed by atoms with Crippen molar-refractivity contribution >= 4 is 33.3 Å². The number of H-pyrrole nitrogens is 2. The molecular weight excluding hydrogens is 449 g/mol. The number of imidazole rings is 1.